The Labute approximate surface area is 904 Å². The molecule has 0 aliphatic rings. The van der Waals surface area contributed by atoms with Crippen LogP contribution in [0.1, 0.15) is 19.8 Å². The smallest absolute Gasteiger partial charge is 0.338 e. The molecule has 0 fully saturated rings. The zero-order valence-corrected chi connectivity index (χ0v) is 145. The van der Waals surface area contributed by atoms with E-state index in [-0.39, 0.29) is 6.61 Å². The van der Waals surface area contributed by atoms with E-state index in [1.807, 2.05) is 0 Å². The fourth-order valence-corrected chi connectivity index (χ4v) is 989. The lowest BCUT2D eigenvalue weighted by atomic mass is 10.4. The first-order valence-corrected chi connectivity index (χ1v) is 169. The number of ether oxygens (including phenoxy) is 9. The van der Waals surface area contributed by atoms with Gasteiger partial charge in [0.25, 0.3) is 136 Å². The first-order valence-electron chi connectivity index (χ1n) is 44.7. The van der Waals surface area contributed by atoms with Gasteiger partial charge < -0.3 is 266 Å². The molecule has 31 N–H and O–H groups in total. The van der Waals surface area contributed by atoms with Crippen molar-refractivity contribution in [2.24, 2.45) is 0 Å². The minimum absolute atomic E-state index is 0.0323. The largest absolute Gasteiger partial charge is 0.441 e. The van der Waals surface area contributed by atoms with Crippen LogP contribution < -0.4 is 0 Å². The summed E-state index contributed by atoms with van der Waals surface area (Å²) >= 11 is 0. The third-order valence-corrected chi connectivity index (χ3v) is 551. The number of rotatable bonds is 94. The summed E-state index contributed by atoms with van der Waals surface area (Å²) in [6.07, 6.45) is 2.25. The van der Waals surface area contributed by atoms with E-state index in [1.54, 1.807) is 19.6 Å². The van der Waals surface area contributed by atoms with Crippen LogP contribution in [-0.2, 0) is 117 Å². The molecule has 850 valence electrons. The minimum Gasteiger partial charge on any atom is -0.441 e. The second-order valence-corrected chi connectivity index (χ2v) is 315. The van der Waals surface area contributed by atoms with Gasteiger partial charge in [0, 0.05) is 13.7 Å². The van der Waals surface area contributed by atoms with E-state index in [9.17, 15) is 144 Å². The molecule has 0 aromatic rings. The van der Waals surface area contributed by atoms with E-state index in [0.29, 0.717) is 112 Å². The maximum Gasteiger partial charge on any atom is 0.338 e. The maximum absolute atomic E-state index is 14.8. The van der Waals surface area contributed by atoms with Crippen LogP contribution in [0.5, 0.6) is 0 Å². The highest BCUT2D eigenvalue weighted by Gasteiger charge is 3.06. The van der Waals surface area contributed by atoms with Crippen LogP contribution in [0.25, 0.3) is 0 Å². The molecule has 0 saturated heterocycles. The number of hydrogen-bond acceptors (Lipinski definition) is 58. The normalized spacial score (nSPS) is 22.3. The average Bonchev–Trinajstić information content (AvgIpc) is 0.618. The van der Waals surface area contributed by atoms with Crippen molar-refractivity contribution in [2.75, 3.05) is 133 Å². The summed E-state index contributed by atoms with van der Waals surface area (Å²) in [5, 5.41) is 8.54. The molecule has 141 heavy (non-hydrogen) atoms. The highest BCUT2D eigenvalue weighted by Crippen LogP contribution is 2.60. The Hall–Kier alpha value is 8.31. The Balaban J connectivity index is 0. The SMILES string of the molecule is CCCCOCCOCCOCCOCCOCCOCCOCCOCCOCCO.CO[Si](C)([SiH3])O[Si]([Si](O[SiH2]O)([SiH2]O)[Si](C)(C)O)([Si](O[SiH2]O)([SiH2]O)[Si](C)(C)O)[Si](O[Si](O[SiH2]O)([SiH2]O)[SiH2]O)([Si](O[SiH2]O)([SiH2]O)[SiH](C)O)[Si](O[Si](C)(C)O[Si](C)(C)C)(O[Si](O[Si](O[SiH2]O)([SiH2]O)[SiH2]O)([Si](O[SiH2]O)([SiH2]O)[SiH2]O)[Si](O[SiH2]O)([SiH2]O)[SiH2]O)[Si](O[Si](O[SiH2]O)([SiH2]O)[SiH2]O)([Si](O[SiH2]O)([SiH2]O)[SiH2]O)[Si](O[SiH2]O)([SiH2]O)[SiH2]O. The molecular formula is C34H170O58Si49. The van der Waals surface area contributed by atoms with Crippen molar-refractivity contribution < 1.29 is 266 Å². The molecule has 0 aliphatic heterocycles. The third kappa shape index (κ3) is 38.5. The molecule has 58 nitrogen and oxygen atoms in total. The van der Waals surface area contributed by atoms with Gasteiger partial charge in [-0.1, -0.05) is 13.3 Å². The highest BCUT2D eigenvalue weighted by atomic mass is 30.5. The van der Waals surface area contributed by atoms with Crippen LogP contribution in [0, 0.1) is 0 Å². The zero-order valence-electron chi connectivity index (χ0n) is 83.4. The van der Waals surface area contributed by atoms with Crippen LogP contribution in [0.4, 0.5) is 0 Å². The first kappa shape index (κ1) is 151. The number of aliphatic hydroxyl groups is 1. The summed E-state index contributed by atoms with van der Waals surface area (Å²) in [5.41, 5.74) is 0. The molecule has 0 saturated carbocycles. The van der Waals surface area contributed by atoms with Gasteiger partial charge in [0.1, 0.15) is 0 Å². The number of unbranched alkanes of at least 4 members (excludes halogenated alkanes) is 1. The van der Waals surface area contributed by atoms with Crippen molar-refractivity contribution in [3.63, 3.8) is 0 Å². The molecule has 0 heterocycles. The van der Waals surface area contributed by atoms with Gasteiger partial charge in [0.15, 0.2) is 135 Å². The minimum atomic E-state index is -8.47. The van der Waals surface area contributed by atoms with Gasteiger partial charge in [-0.15, -0.1) is 0 Å². The van der Waals surface area contributed by atoms with Crippen LogP contribution in [0.15, 0.2) is 0 Å². The Kier molecular flexibility index (Phi) is 81.2. The van der Waals surface area contributed by atoms with Crippen molar-refractivity contribution in [3.8, 4) is 0 Å². The van der Waals surface area contributed by atoms with Crippen LogP contribution in [0.2, 0.25) is 72.0 Å². The van der Waals surface area contributed by atoms with Crippen molar-refractivity contribution >= 4 is 423 Å². The predicted molar refractivity (Wildman–Crippen MR) is 639 cm³/mol. The molecule has 0 aromatic carbocycles. The summed E-state index contributed by atoms with van der Waals surface area (Å²) in [6.45, 7) is -42.7. The Morgan fingerprint density at radius 1 is 0.270 bits per heavy atom. The van der Waals surface area contributed by atoms with Crippen LogP contribution >= 0.6 is 0 Å². The van der Waals surface area contributed by atoms with E-state index in [1.165, 1.54) is 19.6 Å². The summed E-state index contributed by atoms with van der Waals surface area (Å²) < 4.78 is 182. The van der Waals surface area contributed by atoms with Crippen molar-refractivity contribution in [1.82, 2.24) is 0 Å². The number of aliphatic hydroxyl groups excluding tert-OH is 1. The van der Waals surface area contributed by atoms with Crippen molar-refractivity contribution in [1.29, 1.82) is 0 Å². The lowest BCUT2D eigenvalue weighted by molar-refractivity contribution is -0.0255. The summed E-state index contributed by atoms with van der Waals surface area (Å²) in [7, 11) is -165. The molecule has 0 amide bonds. The zero-order chi connectivity index (χ0) is 109. The van der Waals surface area contributed by atoms with E-state index in [2.05, 4.69) is 6.92 Å². The summed E-state index contributed by atoms with van der Waals surface area (Å²) in [5.74, 6) is 0. The van der Waals surface area contributed by atoms with Crippen molar-refractivity contribution in [2.45, 2.75) is 91.8 Å². The van der Waals surface area contributed by atoms with Gasteiger partial charge in [0.05, 0.1) is 129 Å². The van der Waals surface area contributed by atoms with Gasteiger partial charge in [-0.3, -0.25) is 0 Å². The molecule has 0 aromatic heterocycles. The lowest BCUT2D eigenvalue weighted by Crippen LogP contribution is -3.19. The topological polar surface area (TPSA) is 876 Å². The maximum atomic E-state index is 14.8. The Bertz CT molecular complexity index is 3050. The standard InChI is InChI=1S/C22H46O10.C12H124O48Si49/c1-2-3-5-24-7-9-26-11-13-28-15-17-30-19-21-32-22-20-31-18-16-29-14-12-27-10-8-25-6-4-23;1-43-94(12,61)56-109(105(87-38,52-70-21)91(6,7)41,106(88-39,53-71-22)92(8,9)42)108(59-97(76-27,77-28)46-64-15,104(86-37,51-69-20)89(2)40)99(55-93(10,11)54-90(3,4)5,107(102(82-33,83-34)49-67-18,103(84-35,85-36)50-68-19)58-96(74-25,75-26)45-63-14)60-98(100(78-29,79-30)47-65-16,101(80-31,81-32)48-66-17)57-95(72-23,73-24)44-62-13/h23H,2-22H2,1H3;13-42,89H,62-88H2,1-12,61H3. The van der Waals surface area contributed by atoms with Gasteiger partial charge in [0.2, 0.25) is 96.9 Å². The highest BCUT2D eigenvalue weighted by molar-refractivity contribution is 8.31. The van der Waals surface area contributed by atoms with Crippen molar-refractivity contribution in [3.05, 3.63) is 0 Å². The van der Waals surface area contributed by atoms with Gasteiger partial charge in [-0.05, 0) is 78.4 Å². The van der Waals surface area contributed by atoms with Crippen LogP contribution in [-0.4, -0.2) is 705 Å². The second kappa shape index (κ2) is 75.6. The summed E-state index contributed by atoms with van der Waals surface area (Å²) in [6, 6.07) is 0. The van der Waals surface area contributed by atoms with Gasteiger partial charge in [-0.25, -0.2) is 0 Å². The predicted octanol–water partition coefficient (Wildman–Crippen LogP) is -44.6. The first-order chi connectivity index (χ1) is 66.5. The molecule has 7 atom stereocenters. The van der Waals surface area contributed by atoms with Gasteiger partial charge >= 0.3 is 46.5 Å². The molecular weight excluding hydrogens is 2710 g/mol. The molecule has 7 unspecified atom stereocenters. The van der Waals surface area contributed by atoms with E-state index >= 15 is 0 Å². The Morgan fingerprint density at radius 2 is 0.539 bits per heavy atom. The van der Waals surface area contributed by atoms with Crippen LogP contribution in [0.3, 0.4) is 0 Å². The molecule has 107 heteroatoms. The average molecular weight is 2880 g/mol. The summed E-state index contributed by atoms with van der Waals surface area (Å²) in [4.78, 5) is 394. The molecule has 0 aliphatic carbocycles. The Morgan fingerprint density at radius 3 is 0.766 bits per heavy atom. The van der Waals surface area contributed by atoms with E-state index in [0.717, 1.165) is 59.3 Å². The third-order valence-electron chi connectivity index (χ3n) is 22.7. The molecule has 0 radical (unpaired) electrons. The van der Waals surface area contributed by atoms with Gasteiger partial charge in [-0.2, -0.15) is 0 Å². The molecule has 0 rings (SSSR count). The molecule has 0 spiro atoms. The quantitative estimate of drug-likeness (QED) is 0.0199. The number of hydrogen-bond donors (Lipinski definition) is 31. The van der Waals surface area contributed by atoms with E-state index in [4.69, 9.17) is 122 Å². The fraction of sp³-hybridized carbons (Fsp3) is 1.00. The monoisotopic (exact) mass is 2880 g/mol. The second-order valence-electron chi connectivity index (χ2n) is 34.2. The fourth-order valence-electron chi connectivity index (χ4n) is 16.1. The lowest BCUT2D eigenvalue weighted by Gasteiger charge is -2.75. The van der Waals surface area contributed by atoms with E-state index < -0.39 is 423 Å². The molecule has 0 bridgehead atoms.